The molecule has 8 nitrogen and oxygen atoms in total. The Kier molecular flexibility index (Phi) is 6.51. The summed E-state index contributed by atoms with van der Waals surface area (Å²) in [4.78, 5) is 16.6. The van der Waals surface area contributed by atoms with Gasteiger partial charge in [-0.25, -0.2) is 13.4 Å². The van der Waals surface area contributed by atoms with E-state index in [1.54, 1.807) is 24.3 Å². The third-order valence-electron chi connectivity index (χ3n) is 4.52. The van der Waals surface area contributed by atoms with Crippen LogP contribution < -0.4 is 5.32 Å². The van der Waals surface area contributed by atoms with Gasteiger partial charge in [0.25, 0.3) is 0 Å². The number of hydrogen-bond donors (Lipinski definition) is 2. The lowest BCUT2D eigenvalue weighted by Gasteiger charge is -2.30. The van der Waals surface area contributed by atoms with Gasteiger partial charge in [0.15, 0.2) is 5.16 Å². The average Bonchev–Trinajstić information content (AvgIpc) is 3.19. The highest BCUT2D eigenvalue weighted by Crippen LogP contribution is 2.24. The molecule has 0 unspecified atom stereocenters. The molecule has 1 aromatic heterocycles. The summed E-state index contributed by atoms with van der Waals surface area (Å²) in [5.41, 5.74) is 1.02. The number of aryl methyl sites for hydroxylation is 1. The molecule has 0 bridgehead atoms. The molecular weight excluding hydrogens is 386 g/mol. The quantitative estimate of drug-likeness (QED) is 0.529. The summed E-state index contributed by atoms with van der Waals surface area (Å²) in [6, 6.07) is 6.86. The number of rotatable bonds is 7. The average molecular weight is 410 g/mol. The van der Waals surface area contributed by atoms with Crippen molar-refractivity contribution in [1.82, 2.24) is 24.8 Å². The van der Waals surface area contributed by atoms with Crippen molar-refractivity contribution in [3.05, 3.63) is 36.2 Å². The second-order valence-electron chi connectivity index (χ2n) is 6.42. The molecule has 2 heterocycles. The molecule has 0 saturated carbocycles. The number of nitrogens with one attached hydrogen (secondary N) is 2. The van der Waals surface area contributed by atoms with Crippen LogP contribution in [-0.2, 0) is 14.8 Å². The topological polar surface area (TPSA) is 108 Å². The Hall–Kier alpha value is -1.91. The lowest BCUT2D eigenvalue weighted by molar-refractivity contribution is -0.125. The molecule has 1 saturated heterocycles. The standard InChI is InChI=1S/C17H23N5O3S2/c1-13-2-4-15(5-3-13)27(24,25)22-9-6-14(7-10-22)16(23)18-8-11-26-17-19-12-20-21-17/h2-5,12,14H,6-11H2,1H3,(H,18,23)(H,19,20,21). The maximum atomic E-state index is 12.7. The second kappa shape index (κ2) is 8.85. The molecule has 2 N–H and O–H groups in total. The van der Waals surface area contributed by atoms with E-state index in [0.717, 1.165) is 10.7 Å². The van der Waals surface area contributed by atoms with Crippen LogP contribution in [0.1, 0.15) is 18.4 Å². The number of thioether (sulfide) groups is 1. The van der Waals surface area contributed by atoms with Crippen molar-refractivity contribution in [3.63, 3.8) is 0 Å². The molecule has 0 radical (unpaired) electrons. The first-order valence-electron chi connectivity index (χ1n) is 8.79. The first-order chi connectivity index (χ1) is 13.0. The van der Waals surface area contributed by atoms with Crippen LogP contribution in [-0.4, -0.2) is 59.2 Å². The van der Waals surface area contributed by atoms with Gasteiger partial charge in [-0.2, -0.15) is 9.40 Å². The van der Waals surface area contributed by atoms with Crippen LogP contribution in [0.4, 0.5) is 0 Å². The number of H-pyrrole nitrogens is 1. The summed E-state index contributed by atoms with van der Waals surface area (Å²) >= 11 is 1.49. The Balaban J connectivity index is 1.45. The van der Waals surface area contributed by atoms with Crippen LogP contribution in [0.3, 0.4) is 0 Å². The van der Waals surface area contributed by atoms with Crippen molar-refractivity contribution < 1.29 is 13.2 Å². The normalized spacial score (nSPS) is 16.3. The van der Waals surface area contributed by atoms with Gasteiger partial charge in [0.05, 0.1) is 4.90 Å². The van der Waals surface area contributed by atoms with Gasteiger partial charge in [-0.15, -0.1) is 0 Å². The van der Waals surface area contributed by atoms with E-state index >= 15 is 0 Å². The zero-order valence-corrected chi connectivity index (χ0v) is 16.7. The Morgan fingerprint density at radius 2 is 2.00 bits per heavy atom. The molecule has 146 valence electrons. The maximum Gasteiger partial charge on any atom is 0.243 e. The number of aromatic nitrogens is 3. The SMILES string of the molecule is Cc1ccc(S(=O)(=O)N2CCC(C(=O)NCCSc3ncn[nH]3)CC2)cc1. The number of aromatic amines is 1. The van der Waals surface area contributed by atoms with E-state index < -0.39 is 10.0 Å². The highest BCUT2D eigenvalue weighted by molar-refractivity contribution is 7.99. The Morgan fingerprint density at radius 1 is 1.30 bits per heavy atom. The summed E-state index contributed by atoms with van der Waals surface area (Å²) in [6.07, 6.45) is 2.51. The first kappa shape index (κ1) is 19.8. The largest absolute Gasteiger partial charge is 0.355 e. The van der Waals surface area contributed by atoms with Gasteiger partial charge in [-0.1, -0.05) is 29.5 Å². The molecule has 1 amide bonds. The summed E-state index contributed by atoms with van der Waals surface area (Å²) in [6.45, 7) is 3.18. The highest BCUT2D eigenvalue weighted by atomic mass is 32.2. The molecular formula is C17H23N5O3S2. The Bertz CT molecular complexity index is 845. The fraction of sp³-hybridized carbons (Fsp3) is 0.471. The minimum absolute atomic E-state index is 0.0134. The van der Waals surface area contributed by atoms with Gasteiger partial charge < -0.3 is 5.32 Å². The first-order valence-corrected chi connectivity index (χ1v) is 11.2. The monoisotopic (exact) mass is 409 g/mol. The van der Waals surface area contributed by atoms with E-state index in [4.69, 9.17) is 0 Å². The lowest BCUT2D eigenvalue weighted by Crippen LogP contribution is -2.43. The zero-order chi connectivity index (χ0) is 19.3. The third-order valence-corrected chi connectivity index (χ3v) is 7.31. The lowest BCUT2D eigenvalue weighted by atomic mass is 9.97. The van der Waals surface area contributed by atoms with E-state index in [2.05, 4.69) is 20.5 Å². The Labute approximate surface area is 163 Å². The predicted octanol–water partition coefficient (Wildman–Crippen LogP) is 1.42. The number of benzene rings is 1. The van der Waals surface area contributed by atoms with E-state index in [-0.39, 0.29) is 11.8 Å². The predicted molar refractivity (Wildman–Crippen MR) is 103 cm³/mol. The highest BCUT2D eigenvalue weighted by Gasteiger charge is 2.31. The van der Waals surface area contributed by atoms with Gasteiger partial charge in [0.2, 0.25) is 15.9 Å². The van der Waals surface area contributed by atoms with Crippen molar-refractivity contribution >= 4 is 27.7 Å². The van der Waals surface area contributed by atoms with Crippen molar-refractivity contribution in [2.24, 2.45) is 5.92 Å². The molecule has 0 spiro atoms. The second-order valence-corrected chi connectivity index (χ2v) is 9.44. The molecule has 1 aliphatic heterocycles. The fourth-order valence-corrected chi connectivity index (χ4v) is 5.05. The van der Waals surface area contributed by atoms with E-state index in [9.17, 15) is 13.2 Å². The van der Waals surface area contributed by atoms with Crippen LogP contribution in [0.2, 0.25) is 0 Å². The van der Waals surface area contributed by atoms with E-state index in [0.29, 0.717) is 43.1 Å². The molecule has 1 aromatic carbocycles. The zero-order valence-electron chi connectivity index (χ0n) is 15.1. The molecule has 3 rings (SSSR count). The van der Waals surface area contributed by atoms with Crippen LogP contribution in [0.5, 0.6) is 0 Å². The molecule has 0 aliphatic carbocycles. The van der Waals surface area contributed by atoms with Gasteiger partial charge in [0.1, 0.15) is 6.33 Å². The summed E-state index contributed by atoms with van der Waals surface area (Å²) < 4.78 is 26.9. The number of sulfonamides is 1. The number of carbonyl (C=O) groups excluding carboxylic acids is 1. The molecule has 1 fully saturated rings. The van der Waals surface area contributed by atoms with Crippen LogP contribution in [0, 0.1) is 12.8 Å². The molecule has 27 heavy (non-hydrogen) atoms. The number of hydrogen-bond acceptors (Lipinski definition) is 6. The third kappa shape index (κ3) is 5.08. The number of carbonyl (C=O) groups is 1. The Morgan fingerprint density at radius 3 is 2.63 bits per heavy atom. The van der Waals surface area contributed by atoms with Crippen LogP contribution >= 0.6 is 11.8 Å². The smallest absolute Gasteiger partial charge is 0.243 e. The minimum atomic E-state index is -3.49. The summed E-state index contributed by atoms with van der Waals surface area (Å²) in [5.74, 6) is 0.534. The number of piperidine rings is 1. The van der Waals surface area contributed by atoms with Gasteiger partial charge in [-0.3, -0.25) is 9.89 Å². The van der Waals surface area contributed by atoms with Crippen molar-refractivity contribution in [3.8, 4) is 0 Å². The molecule has 2 aromatic rings. The molecule has 0 atom stereocenters. The van der Waals surface area contributed by atoms with Crippen LogP contribution in [0.15, 0.2) is 40.6 Å². The number of amides is 1. The van der Waals surface area contributed by atoms with Gasteiger partial charge in [0, 0.05) is 31.3 Å². The van der Waals surface area contributed by atoms with Crippen molar-refractivity contribution in [2.45, 2.75) is 29.8 Å². The summed E-state index contributed by atoms with van der Waals surface area (Å²) in [5, 5.41) is 10.2. The molecule has 10 heteroatoms. The van der Waals surface area contributed by atoms with E-state index in [1.807, 2.05) is 6.92 Å². The van der Waals surface area contributed by atoms with E-state index in [1.165, 1.54) is 22.4 Å². The van der Waals surface area contributed by atoms with Crippen molar-refractivity contribution in [2.75, 3.05) is 25.4 Å². The van der Waals surface area contributed by atoms with Gasteiger partial charge >= 0.3 is 0 Å². The van der Waals surface area contributed by atoms with Crippen molar-refractivity contribution in [1.29, 1.82) is 0 Å². The maximum absolute atomic E-state index is 12.7. The summed E-state index contributed by atoms with van der Waals surface area (Å²) in [7, 11) is -3.49. The fourth-order valence-electron chi connectivity index (χ4n) is 2.95. The molecule has 1 aliphatic rings. The van der Waals surface area contributed by atoms with Crippen LogP contribution in [0.25, 0.3) is 0 Å². The number of nitrogens with zero attached hydrogens (tertiary/aromatic N) is 3. The van der Waals surface area contributed by atoms with Gasteiger partial charge in [-0.05, 0) is 31.9 Å². The minimum Gasteiger partial charge on any atom is -0.355 e.